The van der Waals surface area contributed by atoms with Gasteiger partial charge in [0.25, 0.3) is 20.2 Å². The molecule has 2 aromatic carbocycles. The first kappa shape index (κ1) is 33.7. The van der Waals surface area contributed by atoms with E-state index in [4.69, 9.17) is 23.6 Å². The fraction of sp³-hybridized carbons (Fsp3) is 0.367. The summed E-state index contributed by atoms with van der Waals surface area (Å²) in [6, 6.07) is 20.7. The Hall–Kier alpha value is -3.69. The van der Waals surface area contributed by atoms with E-state index in [2.05, 4.69) is 16.0 Å². The third-order valence-electron chi connectivity index (χ3n) is 7.45. The van der Waals surface area contributed by atoms with Crippen LogP contribution in [0, 0.1) is 11.3 Å². The van der Waals surface area contributed by atoms with E-state index >= 15 is 0 Å². The van der Waals surface area contributed by atoms with Gasteiger partial charge in [0.05, 0.1) is 35.7 Å². The van der Waals surface area contributed by atoms with E-state index in [1.807, 2.05) is 81.4 Å². The number of benzene rings is 2. The van der Waals surface area contributed by atoms with Crippen molar-refractivity contribution < 1.29 is 34.7 Å². The minimum atomic E-state index is -4.31. The quantitative estimate of drug-likeness (QED) is 0.185. The largest absolute Gasteiger partial charge is 0.383 e. The minimum Gasteiger partial charge on any atom is -0.383 e. The van der Waals surface area contributed by atoms with Crippen molar-refractivity contribution in [2.45, 2.75) is 50.0 Å². The van der Waals surface area contributed by atoms with Crippen LogP contribution in [0.25, 0.3) is 11.0 Å². The molecule has 1 fully saturated rings. The standard InChI is InChI=1S/C30H35N5O8S2Si/c1-29(2,3)40-18-23-25(42-44(4,36)37)26(43-45(5,38)39)30(41-23,35-17-20(16-31)24-27(32)33-19-34-28(24)35)46(21-12-8-6-9-13-21)22-14-10-7-11-15-22/h6-15,17,19,23,25-26,46H,18H2,1-5H3,(H2,32,33,34)/t23-,25-,26-,30-/m1/s1. The molecule has 1 saturated heterocycles. The number of nitrogens with two attached hydrogens (primary N) is 1. The van der Waals surface area contributed by atoms with Gasteiger partial charge in [0.1, 0.15) is 36.1 Å². The Kier molecular flexibility index (Phi) is 9.14. The highest BCUT2D eigenvalue weighted by Crippen LogP contribution is 2.45. The normalized spacial score (nSPS) is 22.3. The molecule has 0 aliphatic carbocycles. The van der Waals surface area contributed by atoms with E-state index in [0.29, 0.717) is 0 Å². The Balaban J connectivity index is 1.95. The second kappa shape index (κ2) is 12.5. The summed E-state index contributed by atoms with van der Waals surface area (Å²) in [4.78, 5) is 8.55. The number of nitrogens with zero attached hydrogens (tertiary/aromatic N) is 4. The topological polar surface area (TPSA) is 186 Å². The third-order valence-corrected chi connectivity index (χ3v) is 12.2. The number of aromatic nitrogens is 3. The van der Waals surface area contributed by atoms with E-state index in [-0.39, 0.29) is 29.0 Å². The van der Waals surface area contributed by atoms with Crippen LogP contribution in [0.4, 0.5) is 5.82 Å². The molecule has 1 aliphatic heterocycles. The number of nitrogen functional groups attached to an aromatic ring is 1. The summed E-state index contributed by atoms with van der Waals surface area (Å²) in [6.07, 6.45) is 0.0943. The fourth-order valence-electron chi connectivity index (χ4n) is 5.86. The highest BCUT2D eigenvalue weighted by atomic mass is 32.2. The molecule has 0 bridgehead atoms. The summed E-state index contributed by atoms with van der Waals surface area (Å²) in [7, 11) is -11.6. The molecule has 0 radical (unpaired) electrons. The van der Waals surface area contributed by atoms with Gasteiger partial charge in [-0.3, -0.25) is 8.37 Å². The van der Waals surface area contributed by atoms with E-state index in [1.54, 1.807) is 4.57 Å². The van der Waals surface area contributed by atoms with Crippen LogP contribution < -0.4 is 16.1 Å². The number of fused-ring (bicyclic) bond motifs is 1. The zero-order valence-corrected chi connectivity index (χ0v) is 28.7. The lowest BCUT2D eigenvalue weighted by atomic mass is 10.1. The van der Waals surface area contributed by atoms with Crippen LogP contribution in [0.1, 0.15) is 26.3 Å². The van der Waals surface area contributed by atoms with Crippen molar-refractivity contribution in [2.24, 2.45) is 0 Å². The molecule has 0 amide bonds. The molecule has 0 spiro atoms. The van der Waals surface area contributed by atoms with Crippen molar-refractivity contribution >= 4 is 56.3 Å². The van der Waals surface area contributed by atoms with E-state index in [9.17, 15) is 22.1 Å². The van der Waals surface area contributed by atoms with E-state index in [1.165, 1.54) is 12.5 Å². The molecule has 0 unspecified atom stereocenters. The predicted octanol–water partition coefficient (Wildman–Crippen LogP) is 1.02. The first-order chi connectivity index (χ1) is 21.5. The predicted molar refractivity (Wildman–Crippen MR) is 174 cm³/mol. The molecule has 16 heteroatoms. The van der Waals surface area contributed by atoms with Crippen LogP contribution in [0.5, 0.6) is 0 Å². The van der Waals surface area contributed by atoms with Gasteiger partial charge in [-0.25, -0.2) is 9.97 Å². The molecular formula is C30H35N5O8S2Si. The molecule has 5 rings (SSSR count). The molecule has 2 aromatic heterocycles. The van der Waals surface area contributed by atoms with Gasteiger partial charge in [-0.2, -0.15) is 22.1 Å². The number of ether oxygens (including phenoxy) is 2. The highest BCUT2D eigenvalue weighted by Gasteiger charge is 2.65. The highest BCUT2D eigenvalue weighted by molar-refractivity contribution is 7.86. The molecule has 0 saturated carbocycles. The molecule has 1 aliphatic rings. The average Bonchev–Trinajstić information content (AvgIpc) is 3.49. The maximum absolute atomic E-state index is 13.1. The lowest BCUT2D eigenvalue weighted by Crippen LogP contribution is -2.67. The summed E-state index contributed by atoms with van der Waals surface area (Å²) in [5, 5.41) is 10.1. The zero-order chi connectivity index (χ0) is 33.5. The van der Waals surface area contributed by atoms with Crippen molar-refractivity contribution in [1.82, 2.24) is 14.5 Å². The Bertz CT molecular complexity index is 1940. The van der Waals surface area contributed by atoms with Crippen LogP contribution in [-0.2, 0) is 43.4 Å². The van der Waals surface area contributed by atoms with Crippen molar-refractivity contribution in [2.75, 3.05) is 24.9 Å². The molecular weight excluding hydrogens is 651 g/mol. The van der Waals surface area contributed by atoms with Crippen LogP contribution >= 0.6 is 0 Å². The van der Waals surface area contributed by atoms with Crippen molar-refractivity contribution in [1.29, 1.82) is 5.26 Å². The number of nitriles is 1. The SMILES string of the molecule is CC(C)(C)OC[C@H]1O[C@@](n2cc(C#N)c3c(N)ncnc32)([SiH](c2ccccc2)c2ccccc2)[C@H](OS(C)(=O)=O)[C@@H]1OS(C)(=O)=O. The monoisotopic (exact) mass is 685 g/mol. The van der Waals surface area contributed by atoms with Gasteiger partial charge in [-0.15, -0.1) is 0 Å². The minimum absolute atomic E-state index is 0.0169. The Morgan fingerprint density at radius 3 is 2.04 bits per heavy atom. The van der Waals surface area contributed by atoms with E-state index in [0.717, 1.165) is 22.9 Å². The van der Waals surface area contributed by atoms with E-state index < -0.39 is 58.3 Å². The summed E-state index contributed by atoms with van der Waals surface area (Å²) < 4.78 is 78.1. The van der Waals surface area contributed by atoms with Gasteiger partial charge in [0, 0.05) is 6.20 Å². The summed E-state index contributed by atoms with van der Waals surface area (Å²) in [5.41, 5.74) is 5.82. The number of anilines is 1. The average molecular weight is 686 g/mol. The summed E-state index contributed by atoms with van der Waals surface area (Å²) in [6.45, 7) is 5.25. The Labute approximate surface area is 269 Å². The third kappa shape index (κ3) is 6.86. The smallest absolute Gasteiger partial charge is 0.264 e. The van der Waals surface area contributed by atoms with Gasteiger partial charge >= 0.3 is 0 Å². The molecule has 244 valence electrons. The van der Waals surface area contributed by atoms with Crippen LogP contribution in [0.2, 0.25) is 0 Å². The molecule has 4 atom stereocenters. The van der Waals surface area contributed by atoms with Crippen molar-refractivity contribution in [3.05, 3.63) is 78.8 Å². The number of hydrogen-bond acceptors (Lipinski definition) is 12. The van der Waals surface area contributed by atoms with Crippen LogP contribution in [0.15, 0.2) is 73.2 Å². The number of hydrogen-bond donors (Lipinski definition) is 1. The first-order valence-electron chi connectivity index (χ1n) is 14.2. The lowest BCUT2D eigenvalue weighted by molar-refractivity contribution is -0.114. The number of rotatable bonds is 10. The zero-order valence-electron chi connectivity index (χ0n) is 25.9. The van der Waals surface area contributed by atoms with Gasteiger partial charge in [-0.05, 0) is 20.8 Å². The summed E-state index contributed by atoms with van der Waals surface area (Å²) in [5.74, 6) is 0.0169. The second-order valence-corrected chi connectivity index (χ2v) is 18.3. The van der Waals surface area contributed by atoms with Gasteiger partial charge in [-0.1, -0.05) is 71.0 Å². The molecule has 2 N–H and O–H groups in total. The summed E-state index contributed by atoms with van der Waals surface area (Å²) >= 11 is 0. The van der Waals surface area contributed by atoms with Gasteiger partial charge < -0.3 is 19.8 Å². The first-order valence-corrected chi connectivity index (χ1v) is 19.6. The second-order valence-electron chi connectivity index (χ2n) is 12.1. The molecule has 3 heterocycles. The molecule has 46 heavy (non-hydrogen) atoms. The van der Waals surface area contributed by atoms with Gasteiger partial charge in [0.15, 0.2) is 20.2 Å². The van der Waals surface area contributed by atoms with Crippen LogP contribution in [-0.4, -0.2) is 83.2 Å². The lowest BCUT2D eigenvalue weighted by Gasteiger charge is -2.42. The van der Waals surface area contributed by atoms with Gasteiger partial charge in [0.2, 0.25) is 0 Å². The Morgan fingerprint density at radius 1 is 0.978 bits per heavy atom. The molecule has 13 nitrogen and oxygen atoms in total. The maximum atomic E-state index is 13.1. The van der Waals surface area contributed by atoms with Crippen LogP contribution in [0.3, 0.4) is 0 Å². The maximum Gasteiger partial charge on any atom is 0.264 e. The van der Waals surface area contributed by atoms with Crippen molar-refractivity contribution in [3.63, 3.8) is 0 Å². The Morgan fingerprint density at radius 2 is 1.54 bits per heavy atom. The fourth-order valence-corrected chi connectivity index (χ4v) is 11.1. The molecule has 4 aromatic rings. The van der Waals surface area contributed by atoms with Crippen molar-refractivity contribution in [3.8, 4) is 6.07 Å².